The minimum Gasteiger partial charge on any atom is -0.347 e. The van der Waals surface area contributed by atoms with Gasteiger partial charge in [-0.25, -0.2) is 9.97 Å². The number of anilines is 3. The first kappa shape index (κ1) is 21.4. The highest BCUT2D eigenvalue weighted by Gasteiger charge is 2.43. The number of carbonyl (C=O) groups excluding carboxylic acids is 2. The second kappa shape index (κ2) is 7.71. The van der Waals surface area contributed by atoms with Crippen molar-refractivity contribution in [3.63, 3.8) is 0 Å². The molecule has 0 saturated heterocycles. The molecule has 2 amide bonds. The lowest BCUT2D eigenvalue weighted by Gasteiger charge is -2.17. The number of fused-ring (bicyclic) bond motifs is 1. The van der Waals surface area contributed by atoms with Crippen LogP contribution >= 0.6 is 0 Å². The zero-order valence-electron chi connectivity index (χ0n) is 19.1. The number of rotatable bonds is 4. The van der Waals surface area contributed by atoms with Crippen molar-refractivity contribution in [3.8, 4) is 11.4 Å². The van der Waals surface area contributed by atoms with Gasteiger partial charge in [-0.3, -0.25) is 14.6 Å². The number of benzene rings is 1. The van der Waals surface area contributed by atoms with E-state index in [0.717, 1.165) is 16.8 Å². The molecule has 3 heterocycles. The van der Waals surface area contributed by atoms with Crippen molar-refractivity contribution in [2.24, 2.45) is 0 Å². The average Bonchev–Trinajstić information content (AvgIpc) is 2.94. The van der Waals surface area contributed by atoms with Crippen LogP contribution < -0.4 is 15.1 Å². The largest absolute Gasteiger partial charge is 0.347 e. The minimum atomic E-state index is -0.662. The van der Waals surface area contributed by atoms with Crippen LogP contribution in [-0.2, 0) is 10.2 Å². The first-order valence-electron chi connectivity index (χ1n) is 10.3. The van der Waals surface area contributed by atoms with E-state index >= 15 is 0 Å². The molecule has 4 rings (SSSR count). The molecule has 164 valence electrons. The van der Waals surface area contributed by atoms with E-state index in [0.29, 0.717) is 28.6 Å². The molecule has 0 aliphatic carbocycles. The van der Waals surface area contributed by atoms with Crippen molar-refractivity contribution in [2.75, 3.05) is 36.3 Å². The zero-order chi connectivity index (χ0) is 23.2. The summed E-state index contributed by atoms with van der Waals surface area (Å²) in [6.45, 7) is 5.74. The van der Waals surface area contributed by atoms with Gasteiger partial charge in [0.25, 0.3) is 5.91 Å². The second-order valence-corrected chi connectivity index (χ2v) is 8.67. The summed E-state index contributed by atoms with van der Waals surface area (Å²) >= 11 is 0. The van der Waals surface area contributed by atoms with Gasteiger partial charge in [-0.15, -0.1) is 0 Å². The van der Waals surface area contributed by atoms with Gasteiger partial charge in [0.1, 0.15) is 5.69 Å². The number of nitrogens with one attached hydrogen (secondary N) is 1. The molecule has 0 bridgehead atoms. The summed E-state index contributed by atoms with van der Waals surface area (Å²) in [5.74, 6) is 0.175. The number of carbonyl (C=O) groups is 2. The summed E-state index contributed by atoms with van der Waals surface area (Å²) in [7, 11) is 5.46. The van der Waals surface area contributed by atoms with Crippen LogP contribution in [0.2, 0.25) is 0 Å². The lowest BCUT2D eigenvalue weighted by Crippen LogP contribution is -2.33. The topological polar surface area (TPSA) is 91.3 Å². The molecule has 0 saturated carbocycles. The fraction of sp³-hybridized carbons (Fsp3) is 0.292. The first-order valence-corrected chi connectivity index (χ1v) is 10.3. The van der Waals surface area contributed by atoms with Gasteiger partial charge in [-0.05, 0) is 56.2 Å². The van der Waals surface area contributed by atoms with Crippen molar-refractivity contribution >= 4 is 29.1 Å². The Bertz CT molecular complexity index is 1220. The SMILES string of the molecule is Cc1cc(NC(=O)c2cnc(N(C)C)nc2-c2ccccn2)cc2c1N(C)C(=O)C2(C)C. The second-order valence-electron chi connectivity index (χ2n) is 8.67. The predicted octanol–water partition coefficient (Wildman–Crippen LogP) is 3.42. The molecule has 0 atom stereocenters. The van der Waals surface area contributed by atoms with Gasteiger partial charge in [0.05, 0.1) is 22.4 Å². The maximum absolute atomic E-state index is 13.3. The zero-order valence-corrected chi connectivity index (χ0v) is 19.1. The molecule has 8 heteroatoms. The smallest absolute Gasteiger partial charge is 0.259 e. The Balaban J connectivity index is 1.74. The van der Waals surface area contributed by atoms with Crippen LogP contribution in [0.3, 0.4) is 0 Å². The Morgan fingerprint density at radius 2 is 1.91 bits per heavy atom. The summed E-state index contributed by atoms with van der Waals surface area (Å²) in [5.41, 5.74) is 4.02. The molecule has 0 radical (unpaired) electrons. The number of aromatic nitrogens is 3. The molecule has 2 aromatic heterocycles. The number of hydrogen-bond donors (Lipinski definition) is 1. The van der Waals surface area contributed by atoms with Gasteiger partial charge >= 0.3 is 0 Å². The molecule has 8 nitrogen and oxygen atoms in total. The molecule has 1 aromatic carbocycles. The van der Waals surface area contributed by atoms with E-state index in [4.69, 9.17) is 0 Å². The summed E-state index contributed by atoms with van der Waals surface area (Å²) in [6, 6.07) is 9.21. The van der Waals surface area contributed by atoms with E-state index in [2.05, 4.69) is 20.3 Å². The molecule has 3 aromatic rings. The Morgan fingerprint density at radius 3 is 2.56 bits per heavy atom. The summed E-state index contributed by atoms with van der Waals surface area (Å²) in [5, 5.41) is 2.96. The van der Waals surface area contributed by atoms with Crippen LogP contribution in [0.5, 0.6) is 0 Å². The Kier molecular flexibility index (Phi) is 5.16. The molecule has 0 spiro atoms. The fourth-order valence-electron chi connectivity index (χ4n) is 4.06. The van der Waals surface area contributed by atoms with Crippen molar-refractivity contribution in [1.29, 1.82) is 0 Å². The highest BCUT2D eigenvalue weighted by molar-refractivity contribution is 6.10. The quantitative estimate of drug-likeness (QED) is 0.682. The molecule has 1 N–H and O–H groups in total. The van der Waals surface area contributed by atoms with Crippen molar-refractivity contribution < 1.29 is 9.59 Å². The van der Waals surface area contributed by atoms with Gasteiger partial charge in [0.15, 0.2) is 0 Å². The third-order valence-corrected chi connectivity index (χ3v) is 5.73. The normalized spacial score (nSPS) is 14.3. The van der Waals surface area contributed by atoms with E-state index in [1.54, 1.807) is 23.0 Å². The number of amides is 2. The third kappa shape index (κ3) is 3.47. The monoisotopic (exact) mass is 430 g/mol. The van der Waals surface area contributed by atoms with E-state index in [1.807, 2.05) is 65.2 Å². The van der Waals surface area contributed by atoms with Crippen molar-refractivity contribution in [2.45, 2.75) is 26.2 Å². The predicted molar refractivity (Wildman–Crippen MR) is 125 cm³/mol. The average molecular weight is 431 g/mol. The van der Waals surface area contributed by atoms with Gasteiger partial charge in [0, 0.05) is 39.2 Å². The maximum Gasteiger partial charge on any atom is 0.259 e. The Hall–Kier alpha value is -3.81. The van der Waals surface area contributed by atoms with Crippen LogP contribution in [0.1, 0.15) is 35.3 Å². The fourth-order valence-corrected chi connectivity index (χ4v) is 4.06. The standard InChI is InChI=1S/C24H26N6O2/c1-14-11-15(12-17-20(14)30(6)22(32)24(17,2)3)27-21(31)16-13-26-23(29(4)5)28-19(16)18-9-7-8-10-25-18/h7-13H,1-6H3,(H,27,31). The number of nitrogens with zero attached hydrogens (tertiary/aromatic N) is 5. The number of aryl methyl sites for hydroxylation is 1. The molecule has 1 aliphatic rings. The van der Waals surface area contributed by atoms with Crippen molar-refractivity contribution in [1.82, 2.24) is 15.0 Å². The number of hydrogen-bond acceptors (Lipinski definition) is 6. The third-order valence-electron chi connectivity index (χ3n) is 5.73. The Labute approximate surface area is 187 Å². The molecule has 0 unspecified atom stereocenters. The van der Waals surface area contributed by atoms with Crippen LogP contribution in [0.4, 0.5) is 17.3 Å². The molecule has 1 aliphatic heterocycles. The van der Waals surface area contributed by atoms with Crippen LogP contribution in [0.15, 0.2) is 42.7 Å². The summed E-state index contributed by atoms with van der Waals surface area (Å²) in [6.07, 6.45) is 3.18. The highest BCUT2D eigenvalue weighted by atomic mass is 16.2. The van der Waals surface area contributed by atoms with Gasteiger partial charge < -0.3 is 15.1 Å². The number of likely N-dealkylation sites (N-methyl/N-ethyl adjacent to an activating group) is 1. The van der Waals surface area contributed by atoms with Gasteiger partial charge in [-0.2, -0.15) is 0 Å². The van der Waals surface area contributed by atoms with Crippen LogP contribution in [0.25, 0.3) is 11.4 Å². The lowest BCUT2D eigenvalue weighted by atomic mass is 9.85. The highest BCUT2D eigenvalue weighted by Crippen LogP contribution is 2.44. The van der Waals surface area contributed by atoms with Gasteiger partial charge in [0.2, 0.25) is 11.9 Å². The molecule has 32 heavy (non-hydrogen) atoms. The maximum atomic E-state index is 13.3. The number of pyridine rings is 1. The summed E-state index contributed by atoms with van der Waals surface area (Å²) < 4.78 is 0. The van der Waals surface area contributed by atoms with E-state index < -0.39 is 5.41 Å². The Morgan fingerprint density at radius 1 is 1.16 bits per heavy atom. The minimum absolute atomic E-state index is 0.0317. The first-order chi connectivity index (χ1) is 15.1. The molecule has 0 fully saturated rings. The lowest BCUT2D eigenvalue weighted by molar-refractivity contribution is -0.121. The van der Waals surface area contributed by atoms with Crippen molar-refractivity contribution in [3.05, 3.63) is 59.4 Å². The van der Waals surface area contributed by atoms with E-state index in [-0.39, 0.29) is 11.8 Å². The van der Waals surface area contributed by atoms with Gasteiger partial charge in [-0.1, -0.05) is 6.07 Å². The van der Waals surface area contributed by atoms with E-state index in [9.17, 15) is 9.59 Å². The van der Waals surface area contributed by atoms with Crippen LogP contribution in [-0.4, -0.2) is 47.9 Å². The van der Waals surface area contributed by atoms with Crippen LogP contribution in [0, 0.1) is 6.92 Å². The summed E-state index contributed by atoms with van der Waals surface area (Å²) in [4.78, 5) is 42.7. The van der Waals surface area contributed by atoms with E-state index in [1.165, 1.54) is 6.20 Å². The molecular weight excluding hydrogens is 404 g/mol. The molecular formula is C24H26N6O2.